The summed E-state index contributed by atoms with van der Waals surface area (Å²) in [5, 5.41) is 17.4. The molecule has 1 rings (SSSR count). The van der Waals surface area contributed by atoms with Gasteiger partial charge >= 0.3 is 0 Å². The molecule has 0 saturated heterocycles. The zero-order valence-electron chi connectivity index (χ0n) is 5.03. The zero-order chi connectivity index (χ0) is 7.56. The first kappa shape index (κ1) is 7.34. The van der Waals surface area contributed by atoms with Crippen molar-refractivity contribution in [2.45, 2.75) is 0 Å². The number of hydrogen-bond acceptors (Lipinski definition) is 3. The molecule has 2 N–H and O–H groups in total. The minimum atomic E-state index is 0.0197. The first-order valence-corrected chi connectivity index (χ1v) is 3.01. The van der Waals surface area contributed by atoms with Gasteiger partial charge in [-0.05, 0) is 18.2 Å². The molecule has 0 atom stereocenters. The molecule has 1 aromatic rings. The van der Waals surface area contributed by atoms with Gasteiger partial charge in [-0.2, -0.15) is 0 Å². The molecule has 0 heterocycles. The standard InChI is InChI=1S/C6H6ClNO2/c7-5-2-1-3-6(4-5)8(9)10/h1-4,9-10H. The largest absolute Gasteiger partial charge is 0.264 e. The van der Waals surface area contributed by atoms with Gasteiger partial charge < -0.3 is 0 Å². The van der Waals surface area contributed by atoms with E-state index < -0.39 is 0 Å². The van der Waals surface area contributed by atoms with Gasteiger partial charge in [-0.25, -0.2) is 0 Å². The van der Waals surface area contributed by atoms with Gasteiger partial charge in [-0.15, -0.1) is 5.23 Å². The van der Waals surface area contributed by atoms with Crippen molar-refractivity contribution in [1.29, 1.82) is 0 Å². The molecule has 0 saturated carbocycles. The lowest BCUT2D eigenvalue weighted by molar-refractivity contribution is 0.0291. The summed E-state index contributed by atoms with van der Waals surface area (Å²) < 4.78 is 0. The Morgan fingerprint density at radius 3 is 2.40 bits per heavy atom. The Bertz CT molecular complexity index is 227. The number of nitrogens with zero attached hydrogens (tertiary/aromatic N) is 1. The van der Waals surface area contributed by atoms with Gasteiger partial charge in [0.1, 0.15) is 0 Å². The van der Waals surface area contributed by atoms with Gasteiger partial charge in [-0.1, -0.05) is 17.7 Å². The van der Waals surface area contributed by atoms with Crippen molar-refractivity contribution in [3.63, 3.8) is 0 Å². The van der Waals surface area contributed by atoms with Crippen LogP contribution in [0.2, 0.25) is 5.02 Å². The molecule has 0 bridgehead atoms. The molecule has 0 unspecified atom stereocenters. The molecule has 0 aliphatic rings. The van der Waals surface area contributed by atoms with E-state index >= 15 is 0 Å². The molecular weight excluding hydrogens is 154 g/mol. The molecule has 0 spiro atoms. The second-order valence-corrected chi connectivity index (χ2v) is 2.21. The smallest absolute Gasteiger partial charge is 0.0957 e. The fourth-order valence-electron chi connectivity index (χ4n) is 0.601. The second-order valence-electron chi connectivity index (χ2n) is 1.77. The van der Waals surface area contributed by atoms with Crippen LogP contribution in [-0.4, -0.2) is 10.4 Å². The Hall–Kier alpha value is -0.770. The van der Waals surface area contributed by atoms with Crippen LogP contribution in [-0.2, 0) is 0 Å². The Morgan fingerprint density at radius 2 is 2.00 bits per heavy atom. The number of anilines is 1. The topological polar surface area (TPSA) is 43.7 Å². The Labute approximate surface area is 63.0 Å². The van der Waals surface area contributed by atoms with Gasteiger partial charge in [0, 0.05) is 5.02 Å². The van der Waals surface area contributed by atoms with E-state index in [-0.39, 0.29) is 10.9 Å². The average molecular weight is 160 g/mol. The number of rotatable bonds is 1. The third kappa shape index (κ3) is 1.60. The molecule has 0 amide bonds. The summed E-state index contributed by atoms with van der Waals surface area (Å²) >= 11 is 5.54. The van der Waals surface area contributed by atoms with E-state index in [0.29, 0.717) is 5.02 Å². The predicted molar refractivity (Wildman–Crippen MR) is 37.5 cm³/mol. The number of halogens is 1. The molecule has 0 aliphatic heterocycles. The first-order valence-electron chi connectivity index (χ1n) is 2.63. The minimum absolute atomic E-state index is 0.0197. The van der Waals surface area contributed by atoms with E-state index in [4.69, 9.17) is 22.0 Å². The third-order valence-electron chi connectivity index (χ3n) is 1.04. The minimum Gasteiger partial charge on any atom is -0.264 e. The highest BCUT2D eigenvalue weighted by molar-refractivity contribution is 6.30. The van der Waals surface area contributed by atoms with Crippen molar-refractivity contribution in [2.24, 2.45) is 0 Å². The molecule has 0 aromatic heterocycles. The van der Waals surface area contributed by atoms with Crippen molar-refractivity contribution in [3.8, 4) is 0 Å². The lowest BCUT2D eigenvalue weighted by atomic mass is 10.3. The molecule has 4 heteroatoms. The van der Waals surface area contributed by atoms with Gasteiger partial charge in [0.15, 0.2) is 0 Å². The highest BCUT2D eigenvalue weighted by Crippen LogP contribution is 2.16. The first-order chi connectivity index (χ1) is 4.70. The third-order valence-corrected chi connectivity index (χ3v) is 1.27. The molecular formula is C6H6ClNO2. The van der Waals surface area contributed by atoms with Gasteiger partial charge in [0.05, 0.1) is 5.69 Å². The van der Waals surface area contributed by atoms with Crippen molar-refractivity contribution in [1.82, 2.24) is 0 Å². The fourth-order valence-corrected chi connectivity index (χ4v) is 0.785. The van der Waals surface area contributed by atoms with Crippen LogP contribution in [0.25, 0.3) is 0 Å². The van der Waals surface area contributed by atoms with E-state index in [1.807, 2.05) is 0 Å². The maximum Gasteiger partial charge on any atom is 0.0957 e. The Kier molecular flexibility index (Phi) is 2.11. The van der Waals surface area contributed by atoms with Gasteiger partial charge in [0.2, 0.25) is 0 Å². The van der Waals surface area contributed by atoms with E-state index in [1.165, 1.54) is 12.1 Å². The van der Waals surface area contributed by atoms with E-state index in [2.05, 4.69) is 0 Å². The molecule has 0 radical (unpaired) electrons. The summed E-state index contributed by atoms with van der Waals surface area (Å²) in [4.78, 5) is 0. The highest BCUT2D eigenvalue weighted by atomic mass is 35.5. The van der Waals surface area contributed by atoms with Crippen LogP contribution in [0.5, 0.6) is 0 Å². The summed E-state index contributed by atoms with van der Waals surface area (Å²) in [6.45, 7) is 0. The molecule has 54 valence electrons. The van der Waals surface area contributed by atoms with Crippen LogP contribution in [0.3, 0.4) is 0 Å². The van der Waals surface area contributed by atoms with Crippen molar-refractivity contribution in [2.75, 3.05) is 5.23 Å². The second kappa shape index (κ2) is 2.88. The number of benzene rings is 1. The predicted octanol–water partition coefficient (Wildman–Crippen LogP) is 1.92. The van der Waals surface area contributed by atoms with E-state index in [0.717, 1.165) is 0 Å². The van der Waals surface area contributed by atoms with E-state index in [9.17, 15) is 0 Å². The Balaban J connectivity index is 2.96. The van der Waals surface area contributed by atoms with Gasteiger partial charge in [-0.3, -0.25) is 10.4 Å². The molecule has 1 aromatic carbocycles. The van der Waals surface area contributed by atoms with Crippen LogP contribution in [0, 0.1) is 0 Å². The zero-order valence-corrected chi connectivity index (χ0v) is 5.78. The maximum atomic E-state index is 8.48. The normalized spacial score (nSPS) is 9.50. The molecule has 3 nitrogen and oxygen atoms in total. The van der Waals surface area contributed by atoms with Crippen LogP contribution >= 0.6 is 11.6 Å². The number of hydrogen-bond donors (Lipinski definition) is 2. The summed E-state index contributed by atoms with van der Waals surface area (Å²) in [7, 11) is 0. The summed E-state index contributed by atoms with van der Waals surface area (Å²) in [5.74, 6) is 0. The van der Waals surface area contributed by atoms with Crippen molar-refractivity contribution in [3.05, 3.63) is 29.3 Å². The average Bonchev–Trinajstić information content (AvgIpc) is 1.88. The molecule has 0 aliphatic carbocycles. The highest BCUT2D eigenvalue weighted by Gasteiger charge is 1.96. The van der Waals surface area contributed by atoms with Crippen LogP contribution in [0.1, 0.15) is 0 Å². The summed E-state index contributed by atoms with van der Waals surface area (Å²) in [6.07, 6.45) is 0. The molecule has 10 heavy (non-hydrogen) atoms. The monoisotopic (exact) mass is 159 g/mol. The van der Waals surface area contributed by atoms with Gasteiger partial charge in [0.25, 0.3) is 0 Å². The van der Waals surface area contributed by atoms with Crippen LogP contribution < -0.4 is 5.23 Å². The van der Waals surface area contributed by atoms with Crippen molar-refractivity contribution >= 4 is 17.3 Å². The maximum absolute atomic E-state index is 8.48. The lowest BCUT2D eigenvalue weighted by Gasteiger charge is -2.06. The van der Waals surface area contributed by atoms with Crippen LogP contribution in [0.15, 0.2) is 24.3 Å². The van der Waals surface area contributed by atoms with E-state index in [1.54, 1.807) is 12.1 Å². The van der Waals surface area contributed by atoms with Crippen LogP contribution in [0.4, 0.5) is 5.69 Å². The molecule has 0 fully saturated rings. The Morgan fingerprint density at radius 1 is 1.30 bits per heavy atom. The fraction of sp³-hybridized carbons (Fsp3) is 0. The van der Waals surface area contributed by atoms with Crippen molar-refractivity contribution < 1.29 is 10.4 Å². The summed E-state index contributed by atoms with van der Waals surface area (Å²) in [6, 6.07) is 6.22. The lowest BCUT2D eigenvalue weighted by Crippen LogP contribution is -2.10. The summed E-state index contributed by atoms with van der Waals surface area (Å²) in [5.41, 5.74) is 0.243. The quantitative estimate of drug-likeness (QED) is 0.616. The SMILES string of the molecule is ON(O)c1cccc(Cl)c1.